The molecule has 0 saturated carbocycles. The highest BCUT2D eigenvalue weighted by Crippen LogP contribution is 2.31. The summed E-state index contributed by atoms with van der Waals surface area (Å²) in [5.74, 6) is -0.561. The second-order valence-electron chi connectivity index (χ2n) is 4.52. The van der Waals surface area contributed by atoms with Crippen LogP contribution in [0.1, 0.15) is 28.5 Å². The van der Waals surface area contributed by atoms with E-state index in [1.54, 1.807) is 18.2 Å². The summed E-state index contributed by atoms with van der Waals surface area (Å²) in [6.45, 7) is 0. The maximum atomic E-state index is 12.1. The van der Waals surface area contributed by atoms with E-state index in [0.29, 0.717) is 17.1 Å². The lowest BCUT2D eigenvalue weighted by Gasteiger charge is -2.20. The lowest BCUT2D eigenvalue weighted by atomic mass is 10.0. The highest BCUT2D eigenvalue weighted by molar-refractivity contribution is 6.99. The standard InChI is InChI=1S/C14H15N3O5S/c1-21-8-3-4-9(12(5-8)22-2)10(6-13(18)19)16-14(20)11-7-15-23-17-11/h3-5,7,10H,6H2,1-2H3,(H,16,20)(H,18,19). The molecule has 2 rings (SSSR count). The van der Waals surface area contributed by atoms with Gasteiger partial charge >= 0.3 is 5.97 Å². The van der Waals surface area contributed by atoms with Gasteiger partial charge in [0, 0.05) is 11.6 Å². The Morgan fingerprint density at radius 3 is 2.70 bits per heavy atom. The normalized spacial score (nSPS) is 11.6. The van der Waals surface area contributed by atoms with E-state index >= 15 is 0 Å². The van der Waals surface area contributed by atoms with E-state index in [1.807, 2.05) is 0 Å². The van der Waals surface area contributed by atoms with Crippen molar-refractivity contribution in [1.82, 2.24) is 14.1 Å². The van der Waals surface area contributed by atoms with Crippen molar-refractivity contribution in [2.24, 2.45) is 0 Å². The maximum absolute atomic E-state index is 12.1. The van der Waals surface area contributed by atoms with Crippen molar-refractivity contribution in [3.8, 4) is 11.5 Å². The molecule has 8 nitrogen and oxygen atoms in total. The molecule has 1 amide bonds. The van der Waals surface area contributed by atoms with Crippen LogP contribution in [0.15, 0.2) is 24.4 Å². The summed E-state index contributed by atoms with van der Waals surface area (Å²) in [6.07, 6.45) is 1.02. The molecule has 0 fully saturated rings. The predicted octanol–water partition coefficient (Wildman–Crippen LogP) is 1.50. The number of carbonyl (C=O) groups excluding carboxylic acids is 1. The van der Waals surface area contributed by atoms with Gasteiger partial charge in [0.1, 0.15) is 11.5 Å². The minimum absolute atomic E-state index is 0.137. The lowest BCUT2D eigenvalue weighted by molar-refractivity contribution is -0.137. The van der Waals surface area contributed by atoms with Crippen LogP contribution >= 0.6 is 11.7 Å². The van der Waals surface area contributed by atoms with Crippen LogP contribution in [0, 0.1) is 0 Å². The number of carbonyl (C=O) groups is 2. The first-order valence-electron chi connectivity index (χ1n) is 6.57. The topological polar surface area (TPSA) is 111 Å². The Labute approximate surface area is 136 Å². The van der Waals surface area contributed by atoms with Crippen molar-refractivity contribution in [1.29, 1.82) is 0 Å². The molecular formula is C14H15N3O5S. The maximum Gasteiger partial charge on any atom is 0.305 e. The second kappa shape index (κ2) is 7.54. The summed E-state index contributed by atoms with van der Waals surface area (Å²) in [6, 6.07) is 4.18. The molecule has 9 heteroatoms. The Hall–Kier alpha value is -2.68. The van der Waals surface area contributed by atoms with Gasteiger partial charge in [0.2, 0.25) is 0 Å². The molecule has 0 aliphatic heterocycles. The molecule has 1 aromatic carbocycles. The van der Waals surface area contributed by atoms with Gasteiger partial charge in [-0.1, -0.05) is 0 Å². The zero-order valence-electron chi connectivity index (χ0n) is 12.5. The number of carboxylic acids is 1. The number of amides is 1. The Balaban J connectivity index is 2.31. The van der Waals surface area contributed by atoms with Gasteiger partial charge in [-0.05, 0) is 12.1 Å². The summed E-state index contributed by atoms with van der Waals surface area (Å²) in [5.41, 5.74) is 0.671. The minimum Gasteiger partial charge on any atom is -0.497 e. The number of nitrogens with one attached hydrogen (secondary N) is 1. The summed E-state index contributed by atoms with van der Waals surface area (Å²) < 4.78 is 18.0. The number of carboxylic acid groups (broad SMARTS) is 1. The third kappa shape index (κ3) is 4.16. The van der Waals surface area contributed by atoms with Gasteiger partial charge in [-0.15, -0.1) is 0 Å². The fourth-order valence-corrected chi connectivity index (χ4v) is 2.43. The van der Waals surface area contributed by atoms with Crippen LogP contribution in [-0.2, 0) is 4.79 Å². The smallest absolute Gasteiger partial charge is 0.305 e. The first kappa shape index (κ1) is 16.7. The molecule has 1 atom stereocenters. The molecule has 0 aliphatic rings. The molecular weight excluding hydrogens is 322 g/mol. The number of nitrogens with zero attached hydrogens (tertiary/aromatic N) is 2. The van der Waals surface area contributed by atoms with Gasteiger partial charge in [0.05, 0.1) is 44.6 Å². The number of ether oxygens (including phenoxy) is 2. The van der Waals surface area contributed by atoms with Gasteiger partial charge in [-0.3, -0.25) is 9.59 Å². The van der Waals surface area contributed by atoms with Crippen LogP contribution in [0.4, 0.5) is 0 Å². The second-order valence-corrected chi connectivity index (χ2v) is 5.08. The largest absolute Gasteiger partial charge is 0.497 e. The van der Waals surface area contributed by atoms with Crippen molar-refractivity contribution in [3.05, 3.63) is 35.7 Å². The van der Waals surface area contributed by atoms with E-state index in [0.717, 1.165) is 11.7 Å². The van der Waals surface area contributed by atoms with Gasteiger partial charge < -0.3 is 19.9 Å². The molecule has 2 aromatic rings. The third-order valence-corrected chi connectivity index (χ3v) is 3.57. The highest BCUT2D eigenvalue weighted by Gasteiger charge is 2.23. The molecule has 0 bridgehead atoms. The van der Waals surface area contributed by atoms with Crippen LogP contribution in [0.25, 0.3) is 0 Å². The van der Waals surface area contributed by atoms with Crippen LogP contribution < -0.4 is 14.8 Å². The fourth-order valence-electron chi connectivity index (χ4n) is 2.02. The molecule has 122 valence electrons. The van der Waals surface area contributed by atoms with E-state index in [2.05, 4.69) is 14.1 Å². The Morgan fingerprint density at radius 1 is 1.35 bits per heavy atom. The van der Waals surface area contributed by atoms with Crippen LogP contribution in [-0.4, -0.2) is 39.9 Å². The number of methoxy groups -OCH3 is 2. The molecule has 1 unspecified atom stereocenters. The highest BCUT2D eigenvalue weighted by atomic mass is 32.1. The molecule has 1 aromatic heterocycles. The average molecular weight is 337 g/mol. The van der Waals surface area contributed by atoms with Gasteiger partial charge in [0.25, 0.3) is 5.91 Å². The van der Waals surface area contributed by atoms with Crippen molar-refractivity contribution >= 4 is 23.6 Å². The summed E-state index contributed by atoms with van der Waals surface area (Å²) in [5, 5.41) is 11.8. The van der Waals surface area contributed by atoms with E-state index in [-0.39, 0.29) is 12.1 Å². The number of benzene rings is 1. The number of aliphatic carboxylic acids is 1. The minimum atomic E-state index is -1.05. The SMILES string of the molecule is COc1ccc(C(CC(=O)O)NC(=O)c2cnsn2)c(OC)c1. The average Bonchev–Trinajstić information content (AvgIpc) is 3.07. The van der Waals surface area contributed by atoms with Gasteiger partial charge in [-0.2, -0.15) is 8.75 Å². The van der Waals surface area contributed by atoms with Crippen molar-refractivity contribution in [2.45, 2.75) is 12.5 Å². The zero-order valence-corrected chi connectivity index (χ0v) is 13.3. The molecule has 2 N–H and O–H groups in total. The fraction of sp³-hybridized carbons (Fsp3) is 0.286. The molecule has 1 heterocycles. The molecule has 0 saturated heterocycles. The Bertz CT molecular complexity index is 690. The van der Waals surface area contributed by atoms with E-state index in [1.165, 1.54) is 20.4 Å². The summed E-state index contributed by atoms with van der Waals surface area (Å²) >= 11 is 0.899. The Morgan fingerprint density at radius 2 is 2.13 bits per heavy atom. The third-order valence-electron chi connectivity index (χ3n) is 3.09. The summed E-state index contributed by atoms with van der Waals surface area (Å²) in [7, 11) is 2.97. The first-order chi connectivity index (χ1) is 11.0. The molecule has 0 spiro atoms. The van der Waals surface area contributed by atoms with E-state index < -0.39 is 17.9 Å². The van der Waals surface area contributed by atoms with Gasteiger partial charge in [-0.25, -0.2) is 0 Å². The van der Waals surface area contributed by atoms with E-state index in [9.17, 15) is 9.59 Å². The predicted molar refractivity (Wildman–Crippen MR) is 81.9 cm³/mol. The van der Waals surface area contributed by atoms with Crippen molar-refractivity contribution < 1.29 is 24.2 Å². The van der Waals surface area contributed by atoms with E-state index in [4.69, 9.17) is 14.6 Å². The Kier molecular flexibility index (Phi) is 5.47. The number of aromatic nitrogens is 2. The van der Waals surface area contributed by atoms with Crippen molar-refractivity contribution in [2.75, 3.05) is 14.2 Å². The van der Waals surface area contributed by atoms with Gasteiger partial charge in [0.15, 0.2) is 5.69 Å². The quantitative estimate of drug-likeness (QED) is 0.787. The molecule has 0 aliphatic carbocycles. The molecule has 23 heavy (non-hydrogen) atoms. The number of hydrogen-bond acceptors (Lipinski definition) is 7. The number of hydrogen-bond donors (Lipinski definition) is 2. The van der Waals surface area contributed by atoms with Crippen LogP contribution in [0.2, 0.25) is 0 Å². The lowest BCUT2D eigenvalue weighted by Crippen LogP contribution is -2.30. The summed E-state index contributed by atoms with van der Waals surface area (Å²) in [4.78, 5) is 23.3. The van der Waals surface area contributed by atoms with Crippen molar-refractivity contribution in [3.63, 3.8) is 0 Å². The monoisotopic (exact) mass is 337 g/mol. The molecule has 0 radical (unpaired) electrons. The zero-order chi connectivity index (χ0) is 16.8. The number of rotatable bonds is 7. The first-order valence-corrected chi connectivity index (χ1v) is 7.30. The van der Waals surface area contributed by atoms with Crippen LogP contribution in [0.3, 0.4) is 0 Å². The van der Waals surface area contributed by atoms with Crippen LogP contribution in [0.5, 0.6) is 11.5 Å².